The van der Waals surface area contributed by atoms with Gasteiger partial charge in [-0.15, -0.1) is 0 Å². The lowest BCUT2D eigenvalue weighted by atomic mass is 9.51. The van der Waals surface area contributed by atoms with Gasteiger partial charge in [0.15, 0.2) is 0 Å². The predicted octanol–water partition coefficient (Wildman–Crippen LogP) is 2.38. The van der Waals surface area contributed by atoms with Gasteiger partial charge < -0.3 is 15.3 Å². The van der Waals surface area contributed by atoms with Crippen LogP contribution in [-0.4, -0.2) is 39.3 Å². The molecule has 7 atom stereocenters. The molecule has 136 valence electrons. The number of hydrogen-bond donors (Lipinski definition) is 3. The van der Waals surface area contributed by atoms with Crippen LogP contribution in [0.2, 0.25) is 0 Å². The van der Waals surface area contributed by atoms with Crippen LogP contribution in [0.25, 0.3) is 0 Å². The van der Waals surface area contributed by atoms with E-state index in [4.69, 9.17) is 0 Å². The van der Waals surface area contributed by atoms with Crippen LogP contribution in [-0.2, 0) is 9.59 Å². The Hall–Kier alpha value is -0.940. The Morgan fingerprint density at radius 2 is 1.79 bits per heavy atom. The Kier molecular flexibility index (Phi) is 4.54. The van der Waals surface area contributed by atoms with Crippen molar-refractivity contribution in [1.29, 1.82) is 0 Å². The van der Waals surface area contributed by atoms with E-state index in [0.717, 1.165) is 25.7 Å². The molecule has 0 unspecified atom stereocenters. The van der Waals surface area contributed by atoms with Crippen molar-refractivity contribution < 1.29 is 24.9 Å². The largest absolute Gasteiger partial charge is 0.481 e. The molecule has 0 heterocycles. The number of hydrogen-bond acceptors (Lipinski definition) is 4. The molecule has 0 bridgehead atoms. The second kappa shape index (κ2) is 6.10. The zero-order valence-corrected chi connectivity index (χ0v) is 14.7. The number of carboxylic acids is 1. The minimum atomic E-state index is -0.817. The Balaban J connectivity index is 1.92. The van der Waals surface area contributed by atoms with Gasteiger partial charge in [-0.1, -0.05) is 13.8 Å². The van der Waals surface area contributed by atoms with Gasteiger partial charge in [0, 0.05) is 18.3 Å². The topological polar surface area (TPSA) is 94.8 Å². The molecule has 0 aromatic heterocycles. The normalized spacial score (nSPS) is 49.0. The Morgan fingerprint density at radius 3 is 2.42 bits per heavy atom. The molecule has 0 radical (unpaired) electrons. The van der Waals surface area contributed by atoms with E-state index in [9.17, 15) is 24.9 Å². The minimum Gasteiger partial charge on any atom is -0.481 e. The van der Waals surface area contributed by atoms with Crippen molar-refractivity contribution >= 4 is 11.8 Å². The van der Waals surface area contributed by atoms with Gasteiger partial charge >= 0.3 is 5.97 Å². The average molecular weight is 338 g/mol. The number of aliphatic carboxylic acids is 1. The summed E-state index contributed by atoms with van der Waals surface area (Å²) in [6.45, 7) is 4.07. The highest BCUT2D eigenvalue weighted by molar-refractivity contribution is 5.86. The van der Waals surface area contributed by atoms with Gasteiger partial charge in [0.1, 0.15) is 5.78 Å². The summed E-state index contributed by atoms with van der Waals surface area (Å²) in [6.07, 6.45) is 3.82. The molecule has 0 aliphatic heterocycles. The summed E-state index contributed by atoms with van der Waals surface area (Å²) < 4.78 is 0. The van der Waals surface area contributed by atoms with E-state index >= 15 is 0 Å². The molecule has 3 fully saturated rings. The fourth-order valence-corrected chi connectivity index (χ4v) is 6.08. The van der Waals surface area contributed by atoms with Crippen molar-refractivity contribution in [3.8, 4) is 0 Å². The maximum atomic E-state index is 12.7. The van der Waals surface area contributed by atoms with Crippen molar-refractivity contribution in [3.63, 3.8) is 0 Å². The summed E-state index contributed by atoms with van der Waals surface area (Å²) in [7, 11) is 0. The quantitative estimate of drug-likeness (QED) is 0.734. The second-order valence-electron chi connectivity index (χ2n) is 8.85. The molecule has 3 saturated carbocycles. The standard InChI is InChI=1S/C19H30O5/c1-18-8-6-14(19(2)7-5-11(20)9-16(19)22)12(10-17(23)24)13(18)3-4-15(18)21/h11-15,20-21H,3-10H2,1-2H3,(H,23,24)/t11-,12+,13+,14+,15+,18-,19+/m0/s1. The second-order valence-corrected chi connectivity index (χ2v) is 8.85. The third-order valence-electron chi connectivity index (χ3n) is 7.67. The third-order valence-corrected chi connectivity index (χ3v) is 7.67. The Labute approximate surface area is 143 Å². The molecule has 5 nitrogen and oxygen atoms in total. The highest BCUT2D eigenvalue weighted by Gasteiger charge is 2.58. The smallest absolute Gasteiger partial charge is 0.303 e. The molecule has 0 aromatic carbocycles. The van der Waals surface area contributed by atoms with Crippen LogP contribution >= 0.6 is 0 Å². The van der Waals surface area contributed by atoms with Gasteiger partial charge in [0.05, 0.1) is 12.2 Å². The first-order chi connectivity index (χ1) is 11.2. The van der Waals surface area contributed by atoms with Crippen LogP contribution in [0.5, 0.6) is 0 Å². The van der Waals surface area contributed by atoms with E-state index in [1.54, 1.807) is 0 Å². The third kappa shape index (κ3) is 2.70. The highest BCUT2D eigenvalue weighted by Crippen LogP contribution is 2.61. The first kappa shape index (κ1) is 17.9. The summed E-state index contributed by atoms with van der Waals surface area (Å²) in [5.74, 6) is -0.593. The summed E-state index contributed by atoms with van der Waals surface area (Å²) in [6, 6.07) is 0. The molecule has 0 spiro atoms. The Bertz CT molecular complexity index is 532. The zero-order chi connectivity index (χ0) is 17.7. The summed E-state index contributed by atoms with van der Waals surface area (Å²) >= 11 is 0. The van der Waals surface area contributed by atoms with Crippen LogP contribution in [0, 0.1) is 28.6 Å². The average Bonchev–Trinajstić information content (AvgIpc) is 2.79. The summed E-state index contributed by atoms with van der Waals surface area (Å²) in [5, 5.41) is 29.7. The lowest BCUT2D eigenvalue weighted by Gasteiger charge is -2.53. The highest BCUT2D eigenvalue weighted by atomic mass is 16.4. The van der Waals surface area contributed by atoms with Gasteiger partial charge in [-0.05, 0) is 61.7 Å². The number of ketones is 1. The SMILES string of the molecule is C[C@]12CC[C@@H]([C@@]3(C)CC[C@H](O)CC3=O)[C@H](CC(=O)O)[C@H]1CC[C@H]2O. The first-order valence-corrected chi connectivity index (χ1v) is 9.29. The predicted molar refractivity (Wildman–Crippen MR) is 88.3 cm³/mol. The van der Waals surface area contributed by atoms with Crippen molar-refractivity contribution in [1.82, 2.24) is 0 Å². The van der Waals surface area contributed by atoms with Crippen molar-refractivity contribution in [2.75, 3.05) is 0 Å². The Morgan fingerprint density at radius 1 is 1.08 bits per heavy atom. The molecule has 0 saturated heterocycles. The molecule has 5 heteroatoms. The van der Waals surface area contributed by atoms with Gasteiger partial charge in [0.25, 0.3) is 0 Å². The van der Waals surface area contributed by atoms with Gasteiger partial charge in [-0.3, -0.25) is 9.59 Å². The van der Waals surface area contributed by atoms with Crippen molar-refractivity contribution in [2.24, 2.45) is 28.6 Å². The van der Waals surface area contributed by atoms with Gasteiger partial charge in [-0.25, -0.2) is 0 Å². The van der Waals surface area contributed by atoms with Gasteiger partial charge in [0.2, 0.25) is 0 Å². The molecular formula is C19H30O5. The van der Waals surface area contributed by atoms with Crippen LogP contribution in [0.15, 0.2) is 0 Å². The molecule has 0 aromatic rings. The number of aliphatic hydroxyl groups is 2. The lowest BCUT2D eigenvalue weighted by molar-refractivity contribution is -0.152. The number of carbonyl (C=O) groups is 2. The molecule has 0 amide bonds. The number of carboxylic acid groups (broad SMARTS) is 1. The van der Waals surface area contributed by atoms with Crippen LogP contribution in [0.1, 0.15) is 65.2 Å². The number of Topliss-reactive ketones (excluding diaryl/α,β-unsaturated/α-hetero) is 1. The molecule has 3 rings (SSSR count). The summed E-state index contributed by atoms with van der Waals surface area (Å²) in [5.41, 5.74) is -0.752. The fraction of sp³-hybridized carbons (Fsp3) is 0.895. The maximum absolute atomic E-state index is 12.7. The number of aliphatic hydroxyl groups excluding tert-OH is 2. The molecule has 3 aliphatic rings. The zero-order valence-electron chi connectivity index (χ0n) is 14.7. The monoisotopic (exact) mass is 338 g/mol. The van der Waals surface area contributed by atoms with Crippen molar-refractivity contribution in [2.45, 2.75) is 77.4 Å². The molecule has 3 aliphatic carbocycles. The van der Waals surface area contributed by atoms with E-state index in [0.29, 0.717) is 12.8 Å². The van der Waals surface area contributed by atoms with Gasteiger partial charge in [-0.2, -0.15) is 0 Å². The van der Waals surface area contributed by atoms with Crippen LogP contribution in [0.3, 0.4) is 0 Å². The van der Waals surface area contributed by atoms with Crippen LogP contribution < -0.4 is 0 Å². The summed E-state index contributed by atoms with van der Waals surface area (Å²) in [4.78, 5) is 24.3. The molecular weight excluding hydrogens is 308 g/mol. The minimum absolute atomic E-state index is 0.0389. The van der Waals surface area contributed by atoms with E-state index in [1.807, 2.05) is 6.92 Å². The fourth-order valence-electron chi connectivity index (χ4n) is 6.08. The van der Waals surface area contributed by atoms with E-state index in [2.05, 4.69) is 6.92 Å². The number of rotatable bonds is 3. The number of carbonyl (C=O) groups excluding carboxylic acids is 1. The van der Waals surface area contributed by atoms with E-state index in [1.165, 1.54) is 0 Å². The lowest BCUT2D eigenvalue weighted by Crippen LogP contribution is -2.52. The molecule has 24 heavy (non-hydrogen) atoms. The molecule has 3 N–H and O–H groups in total. The van der Waals surface area contributed by atoms with Crippen molar-refractivity contribution in [3.05, 3.63) is 0 Å². The maximum Gasteiger partial charge on any atom is 0.303 e. The van der Waals surface area contributed by atoms with E-state index < -0.39 is 17.5 Å². The van der Waals surface area contributed by atoms with Crippen LogP contribution in [0.4, 0.5) is 0 Å². The van der Waals surface area contributed by atoms with E-state index in [-0.39, 0.29) is 47.9 Å². The first-order valence-electron chi connectivity index (χ1n) is 9.29. The number of fused-ring (bicyclic) bond motifs is 1.